The second-order valence-corrected chi connectivity index (χ2v) is 11.1. The fourth-order valence-electron chi connectivity index (χ4n) is 5.48. The molecule has 2 aliphatic rings. The van der Waals surface area contributed by atoms with Gasteiger partial charge in [0.1, 0.15) is 0 Å². The molecule has 0 bridgehead atoms. The van der Waals surface area contributed by atoms with Gasteiger partial charge < -0.3 is 10.2 Å². The van der Waals surface area contributed by atoms with Crippen molar-refractivity contribution in [2.24, 2.45) is 5.92 Å². The molecule has 0 radical (unpaired) electrons. The summed E-state index contributed by atoms with van der Waals surface area (Å²) in [6.45, 7) is 9.04. The van der Waals surface area contributed by atoms with Gasteiger partial charge in [0.05, 0.1) is 11.3 Å². The van der Waals surface area contributed by atoms with Crippen LogP contribution >= 0.6 is 11.6 Å². The van der Waals surface area contributed by atoms with Gasteiger partial charge in [-0.2, -0.15) is 0 Å². The molecule has 3 aromatic rings. The van der Waals surface area contributed by atoms with Crippen LogP contribution < -0.4 is 10.2 Å². The number of nitrogens with zero attached hydrogens (tertiary/aromatic N) is 4. The van der Waals surface area contributed by atoms with Gasteiger partial charge in [-0.05, 0) is 74.2 Å². The molecule has 2 aromatic carbocycles. The number of aromatic nitrogens is 1. The average Bonchev–Trinajstić information content (AvgIpc) is 3.49. The van der Waals surface area contributed by atoms with E-state index in [0.29, 0.717) is 35.8 Å². The lowest BCUT2D eigenvalue weighted by molar-refractivity contribution is 0.0818. The van der Waals surface area contributed by atoms with Crippen LogP contribution in [0.4, 0.5) is 25.0 Å². The van der Waals surface area contributed by atoms with Gasteiger partial charge in [-0.1, -0.05) is 17.7 Å². The molecule has 0 spiro atoms. The van der Waals surface area contributed by atoms with E-state index in [0.717, 1.165) is 48.6 Å². The number of hydrogen-bond donors (Lipinski definition) is 1. The number of pyridine rings is 1. The lowest BCUT2D eigenvalue weighted by Crippen LogP contribution is -2.37. The van der Waals surface area contributed by atoms with Crippen LogP contribution in [0.1, 0.15) is 33.6 Å². The molecule has 3 amide bonds. The van der Waals surface area contributed by atoms with E-state index >= 15 is 0 Å². The highest BCUT2D eigenvalue weighted by atomic mass is 35.5. The zero-order chi connectivity index (χ0) is 29.3. The van der Waals surface area contributed by atoms with Crippen molar-refractivity contribution in [3.8, 4) is 0 Å². The number of aryl methyl sites for hydroxylation is 3. The van der Waals surface area contributed by atoms with E-state index in [4.69, 9.17) is 11.6 Å². The van der Waals surface area contributed by atoms with Crippen molar-refractivity contribution in [1.29, 1.82) is 0 Å². The Hall–Kier alpha value is -3.82. The number of rotatable bonds is 7. The summed E-state index contributed by atoms with van der Waals surface area (Å²) in [7, 11) is 0. The number of likely N-dealkylation sites (tertiary alicyclic amines) is 1. The number of carbonyl (C=O) groups is 2. The highest BCUT2D eigenvalue weighted by molar-refractivity contribution is 6.31. The first-order valence-electron chi connectivity index (χ1n) is 13.6. The van der Waals surface area contributed by atoms with Crippen LogP contribution in [-0.2, 0) is 0 Å². The zero-order valence-electron chi connectivity index (χ0n) is 23.3. The third-order valence-electron chi connectivity index (χ3n) is 7.71. The van der Waals surface area contributed by atoms with Crippen molar-refractivity contribution in [3.05, 3.63) is 99.5 Å². The minimum absolute atomic E-state index is 0.0130. The van der Waals surface area contributed by atoms with Crippen molar-refractivity contribution in [2.45, 2.75) is 27.2 Å². The first-order chi connectivity index (χ1) is 19.6. The lowest BCUT2D eigenvalue weighted by atomic mass is 10.1. The van der Waals surface area contributed by atoms with Crippen molar-refractivity contribution in [2.75, 3.05) is 42.9 Å². The third kappa shape index (κ3) is 6.26. The van der Waals surface area contributed by atoms with Crippen molar-refractivity contribution in [3.63, 3.8) is 0 Å². The van der Waals surface area contributed by atoms with Crippen LogP contribution in [0.25, 0.3) is 0 Å². The van der Waals surface area contributed by atoms with Gasteiger partial charge in [-0.3, -0.25) is 19.6 Å². The van der Waals surface area contributed by atoms with Crippen LogP contribution in [-0.4, -0.2) is 59.4 Å². The molecule has 1 unspecified atom stereocenters. The highest BCUT2D eigenvalue weighted by Crippen LogP contribution is 2.31. The van der Waals surface area contributed by atoms with Gasteiger partial charge >= 0.3 is 6.03 Å². The highest BCUT2D eigenvalue weighted by Gasteiger charge is 2.36. The molecule has 5 rings (SSSR count). The summed E-state index contributed by atoms with van der Waals surface area (Å²) in [5, 5.41) is 3.19. The Balaban J connectivity index is 1.22. The topological polar surface area (TPSA) is 68.8 Å². The van der Waals surface area contributed by atoms with E-state index < -0.39 is 17.7 Å². The molecule has 41 heavy (non-hydrogen) atoms. The second kappa shape index (κ2) is 12.0. The van der Waals surface area contributed by atoms with Crippen molar-refractivity contribution in [1.82, 2.24) is 14.8 Å². The summed E-state index contributed by atoms with van der Waals surface area (Å²) < 4.78 is 27.1. The molecule has 0 saturated carbocycles. The van der Waals surface area contributed by atoms with Crippen LogP contribution in [0.2, 0.25) is 5.02 Å². The minimum atomic E-state index is -1.03. The van der Waals surface area contributed by atoms with E-state index in [1.165, 1.54) is 11.6 Å². The molecule has 1 N–H and O–H groups in total. The van der Waals surface area contributed by atoms with Crippen molar-refractivity contribution >= 4 is 34.9 Å². The molecule has 1 fully saturated rings. The molecule has 1 atom stereocenters. The number of urea groups is 1. The Kier molecular flexibility index (Phi) is 8.37. The zero-order valence-corrected chi connectivity index (χ0v) is 24.0. The Labute approximate surface area is 243 Å². The molecular formula is C31H32ClF2N5O2. The van der Waals surface area contributed by atoms with E-state index in [2.05, 4.69) is 15.2 Å². The maximum atomic E-state index is 13.7. The number of halogens is 3. The fourth-order valence-corrected chi connectivity index (χ4v) is 5.65. The molecule has 214 valence electrons. The predicted octanol–water partition coefficient (Wildman–Crippen LogP) is 6.34. The summed E-state index contributed by atoms with van der Waals surface area (Å²) in [6.07, 6.45) is 4.37. The van der Waals surface area contributed by atoms with E-state index in [-0.39, 0.29) is 17.5 Å². The Bertz CT molecular complexity index is 1510. The molecule has 1 saturated heterocycles. The van der Waals surface area contributed by atoms with Gasteiger partial charge in [0.2, 0.25) is 0 Å². The summed E-state index contributed by atoms with van der Waals surface area (Å²) in [6, 6.07) is 10.0. The molecule has 0 aliphatic carbocycles. The maximum Gasteiger partial charge on any atom is 0.326 e. The maximum absolute atomic E-state index is 13.7. The number of fused-ring (bicyclic) bond motifs is 1. The van der Waals surface area contributed by atoms with Gasteiger partial charge in [-0.25, -0.2) is 13.6 Å². The van der Waals surface area contributed by atoms with Gasteiger partial charge in [0.25, 0.3) is 5.91 Å². The molecule has 7 nitrogen and oxygen atoms in total. The van der Waals surface area contributed by atoms with E-state index in [1.54, 1.807) is 22.1 Å². The molecule has 10 heteroatoms. The van der Waals surface area contributed by atoms with Crippen LogP contribution in [0.15, 0.2) is 60.4 Å². The molecule has 1 aromatic heterocycles. The predicted molar refractivity (Wildman–Crippen MR) is 156 cm³/mol. The van der Waals surface area contributed by atoms with E-state index in [1.807, 2.05) is 45.2 Å². The molecule has 3 heterocycles. The standard InChI is InChI=1S/C31H32ClF2N5O2/c1-19-5-7-25(14-26(19)32)39(31(41)36-24-6-8-27(33)28(34)13-24)12-4-11-37-15-22-17-38(18-23(22)16-37)30(40)29-20(2)9-10-35-21(29)3/h5-10,13-14,17,23H,4,11-12,15-16,18H2,1-3H3,(H,36,41). The molecule has 2 aliphatic heterocycles. The SMILES string of the molecule is Cc1ccc(N(CCCN2CC3=CN(C(=O)c4c(C)ccnc4C)CC3C2)C(=O)Nc2ccc(F)c(F)c2)cc1Cl. The number of anilines is 2. The van der Waals surface area contributed by atoms with Crippen LogP contribution in [0, 0.1) is 38.3 Å². The quantitative estimate of drug-likeness (QED) is 0.355. The number of amides is 3. The van der Waals surface area contributed by atoms with Gasteiger partial charge in [0.15, 0.2) is 11.6 Å². The number of benzene rings is 2. The van der Waals surface area contributed by atoms with Crippen LogP contribution in [0.3, 0.4) is 0 Å². The van der Waals surface area contributed by atoms with Crippen LogP contribution in [0.5, 0.6) is 0 Å². The summed E-state index contributed by atoms with van der Waals surface area (Å²) in [5.74, 6) is -1.75. The van der Waals surface area contributed by atoms with Gasteiger partial charge in [-0.15, -0.1) is 0 Å². The smallest absolute Gasteiger partial charge is 0.314 e. The third-order valence-corrected chi connectivity index (χ3v) is 8.12. The van der Waals surface area contributed by atoms with E-state index in [9.17, 15) is 18.4 Å². The lowest BCUT2D eigenvalue weighted by Gasteiger charge is -2.25. The van der Waals surface area contributed by atoms with Gasteiger partial charge in [0, 0.05) is 73.5 Å². The normalized spacial score (nSPS) is 16.5. The number of hydrogen-bond acceptors (Lipinski definition) is 4. The minimum Gasteiger partial charge on any atom is -0.314 e. The fraction of sp³-hybridized carbons (Fsp3) is 0.323. The monoisotopic (exact) mass is 579 g/mol. The number of nitrogens with one attached hydrogen (secondary N) is 1. The average molecular weight is 580 g/mol. The summed E-state index contributed by atoms with van der Waals surface area (Å²) in [4.78, 5) is 36.4. The Morgan fingerprint density at radius 1 is 1.05 bits per heavy atom. The second-order valence-electron chi connectivity index (χ2n) is 10.7. The Morgan fingerprint density at radius 2 is 1.85 bits per heavy atom. The Morgan fingerprint density at radius 3 is 2.56 bits per heavy atom. The largest absolute Gasteiger partial charge is 0.326 e. The number of carbonyl (C=O) groups excluding carboxylic acids is 2. The van der Waals surface area contributed by atoms with Crippen molar-refractivity contribution < 1.29 is 18.4 Å². The first kappa shape index (κ1) is 28.7. The first-order valence-corrected chi connectivity index (χ1v) is 13.9. The summed E-state index contributed by atoms with van der Waals surface area (Å²) >= 11 is 6.35. The molecular weight excluding hydrogens is 548 g/mol. The summed E-state index contributed by atoms with van der Waals surface area (Å²) in [5.41, 5.74) is 5.21.